The largest absolute Gasteiger partial charge is 0.464 e. The number of amides is 1. The summed E-state index contributed by atoms with van der Waals surface area (Å²) in [6, 6.07) is 12.3. The minimum Gasteiger partial charge on any atom is -0.225 e. The van der Waals surface area contributed by atoms with Gasteiger partial charge in [0.15, 0.2) is 11.3 Å². The maximum Gasteiger partial charge on any atom is 0.464 e. The molecule has 0 spiro atoms. The van der Waals surface area contributed by atoms with Gasteiger partial charge in [0.25, 0.3) is 0 Å². The normalized spacial score (nSPS) is 10.4. The highest BCUT2D eigenvalue weighted by Crippen LogP contribution is 2.04. The van der Waals surface area contributed by atoms with Crippen LogP contribution < -0.4 is 10.00 Å². The molecule has 0 aliphatic carbocycles. The van der Waals surface area contributed by atoms with Crippen LogP contribution in [0.1, 0.15) is 0 Å². The van der Waals surface area contributed by atoms with E-state index in [9.17, 15) is 4.79 Å². The molecule has 6 heteroatoms. The lowest BCUT2D eigenvalue weighted by molar-refractivity contribution is -0.607. The highest BCUT2D eigenvalue weighted by Gasteiger charge is 2.18. The number of rotatable bonds is 1. The molecule has 2 N–H and O–H groups in total. The van der Waals surface area contributed by atoms with Crippen molar-refractivity contribution >= 4 is 22.9 Å². The Balaban J connectivity index is 1.93. The molecular formula is C12H10N5O+. The van der Waals surface area contributed by atoms with E-state index in [1.165, 1.54) is 4.68 Å². The first-order valence-electron chi connectivity index (χ1n) is 5.42. The van der Waals surface area contributed by atoms with E-state index >= 15 is 0 Å². The van der Waals surface area contributed by atoms with Gasteiger partial charge in [-0.1, -0.05) is 22.9 Å². The lowest BCUT2D eigenvalue weighted by atomic mass is 10.3. The molecule has 0 aliphatic rings. The molecule has 0 unspecified atom stereocenters. The molecule has 18 heavy (non-hydrogen) atoms. The molecule has 2 aromatic heterocycles. The van der Waals surface area contributed by atoms with Crippen molar-refractivity contribution in [2.24, 2.45) is 0 Å². The maximum absolute atomic E-state index is 12.0. The van der Waals surface area contributed by atoms with Crippen LogP contribution in [-0.2, 0) is 0 Å². The summed E-state index contributed by atoms with van der Waals surface area (Å²) in [5.41, 5.74) is 1.44. The summed E-state index contributed by atoms with van der Waals surface area (Å²) in [7, 11) is 0. The number of aromatic nitrogens is 4. The van der Waals surface area contributed by atoms with Gasteiger partial charge in [-0.2, -0.15) is 0 Å². The molecule has 2 heterocycles. The molecule has 0 fully saturated rings. The summed E-state index contributed by atoms with van der Waals surface area (Å²) >= 11 is 0. The van der Waals surface area contributed by atoms with Crippen molar-refractivity contribution in [2.45, 2.75) is 0 Å². The Morgan fingerprint density at radius 3 is 2.83 bits per heavy atom. The lowest BCUT2D eigenvalue weighted by Crippen LogP contribution is -2.48. The molecule has 6 nitrogen and oxygen atoms in total. The summed E-state index contributed by atoms with van der Waals surface area (Å²) in [6.45, 7) is 0. The third-order valence-electron chi connectivity index (χ3n) is 2.50. The number of hydrogen-bond donors (Lipinski definition) is 2. The molecule has 3 rings (SSSR count). The van der Waals surface area contributed by atoms with Crippen LogP contribution in [0, 0.1) is 0 Å². The Hall–Kier alpha value is -2.76. The second-order valence-corrected chi connectivity index (χ2v) is 3.68. The van der Waals surface area contributed by atoms with Gasteiger partial charge in [-0.15, -0.1) is 5.21 Å². The Bertz CT molecular complexity index is 692. The Labute approximate surface area is 102 Å². The first-order valence-corrected chi connectivity index (χ1v) is 5.42. The van der Waals surface area contributed by atoms with E-state index in [0.29, 0.717) is 11.3 Å². The van der Waals surface area contributed by atoms with Crippen molar-refractivity contribution in [3.8, 4) is 0 Å². The highest BCUT2D eigenvalue weighted by molar-refractivity contribution is 5.84. The van der Waals surface area contributed by atoms with Crippen LogP contribution in [0.2, 0.25) is 0 Å². The van der Waals surface area contributed by atoms with Crippen LogP contribution >= 0.6 is 0 Å². The first-order chi connectivity index (χ1) is 8.84. The topological polar surface area (TPSA) is 74.6 Å². The standard InChI is InChI=1S/C12H9N5O/c18-12(14-11-7-3-4-8-13-11)17-10-6-2-1-5-9(10)15-16-17/h1-8H,(H,13,14,18)/p+1. The van der Waals surface area contributed by atoms with Gasteiger partial charge < -0.3 is 0 Å². The molecule has 1 amide bonds. The molecule has 0 aliphatic heterocycles. The number of aromatic amines is 1. The minimum atomic E-state index is -0.331. The van der Waals surface area contributed by atoms with Gasteiger partial charge in [-0.25, -0.2) is 15.1 Å². The fourth-order valence-corrected chi connectivity index (χ4v) is 1.66. The third-order valence-corrected chi connectivity index (χ3v) is 2.50. The third kappa shape index (κ3) is 1.80. The molecular weight excluding hydrogens is 230 g/mol. The van der Waals surface area contributed by atoms with Gasteiger partial charge in [0.1, 0.15) is 0 Å². The monoisotopic (exact) mass is 240 g/mol. The predicted octanol–water partition coefficient (Wildman–Crippen LogP) is 1.33. The summed E-state index contributed by atoms with van der Waals surface area (Å²) < 4.78 is 1.34. The SMILES string of the molecule is O=C(Nc1ccccn1)[n+]1[nH]nc2ccccc21. The molecule has 0 saturated carbocycles. The quantitative estimate of drug-likeness (QED) is 0.630. The van der Waals surface area contributed by atoms with Crippen molar-refractivity contribution in [1.82, 2.24) is 15.3 Å². The zero-order valence-electron chi connectivity index (χ0n) is 9.37. The molecule has 1 aromatic carbocycles. The smallest absolute Gasteiger partial charge is 0.225 e. The maximum atomic E-state index is 12.0. The Morgan fingerprint density at radius 2 is 2.00 bits per heavy atom. The number of H-pyrrole nitrogens is 1. The highest BCUT2D eigenvalue weighted by atomic mass is 16.2. The number of benzene rings is 1. The number of para-hydroxylation sites is 2. The fraction of sp³-hybridized carbons (Fsp3) is 0. The van der Waals surface area contributed by atoms with Crippen LogP contribution in [0.25, 0.3) is 11.0 Å². The number of anilines is 1. The minimum absolute atomic E-state index is 0.331. The van der Waals surface area contributed by atoms with Gasteiger partial charge >= 0.3 is 6.03 Å². The Morgan fingerprint density at radius 1 is 1.17 bits per heavy atom. The number of pyridine rings is 1. The number of fused-ring (bicyclic) bond motifs is 1. The van der Waals surface area contributed by atoms with Gasteiger partial charge in [0.2, 0.25) is 5.52 Å². The van der Waals surface area contributed by atoms with E-state index in [1.807, 2.05) is 24.3 Å². The van der Waals surface area contributed by atoms with Crippen LogP contribution in [0.15, 0.2) is 48.7 Å². The van der Waals surface area contributed by atoms with E-state index in [4.69, 9.17) is 0 Å². The first kappa shape index (κ1) is 10.4. The molecule has 0 atom stereocenters. The summed E-state index contributed by atoms with van der Waals surface area (Å²) in [5.74, 6) is 0.494. The number of hydrogen-bond acceptors (Lipinski definition) is 3. The average molecular weight is 240 g/mol. The van der Waals surface area contributed by atoms with E-state index < -0.39 is 0 Å². The van der Waals surface area contributed by atoms with E-state index in [0.717, 1.165) is 5.52 Å². The van der Waals surface area contributed by atoms with Crippen LogP contribution in [0.3, 0.4) is 0 Å². The summed E-state index contributed by atoms with van der Waals surface area (Å²) in [5, 5.41) is 9.38. The van der Waals surface area contributed by atoms with Gasteiger partial charge in [-0.3, -0.25) is 0 Å². The van der Waals surface area contributed by atoms with Crippen molar-refractivity contribution in [2.75, 3.05) is 5.32 Å². The van der Waals surface area contributed by atoms with Gasteiger partial charge in [0, 0.05) is 6.20 Å². The van der Waals surface area contributed by atoms with Crippen molar-refractivity contribution in [1.29, 1.82) is 0 Å². The van der Waals surface area contributed by atoms with Crippen molar-refractivity contribution in [3.05, 3.63) is 48.7 Å². The molecule has 88 valence electrons. The van der Waals surface area contributed by atoms with Gasteiger partial charge in [0.05, 0.1) is 0 Å². The number of nitrogens with one attached hydrogen (secondary N) is 2. The van der Waals surface area contributed by atoms with Crippen molar-refractivity contribution in [3.63, 3.8) is 0 Å². The van der Waals surface area contributed by atoms with Crippen LogP contribution in [0.5, 0.6) is 0 Å². The van der Waals surface area contributed by atoms with E-state index in [1.54, 1.807) is 24.4 Å². The van der Waals surface area contributed by atoms with E-state index in [2.05, 4.69) is 20.6 Å². The van der Waals surface area contributed by atoms with Crippen molar-refractivity contribution < 1.29 is 9.48 Å². The van der Waals surface area contributed by atoms with E-state index in [-0.39, 0.29) is 6.03 Å². The lowest BCUT2D eigenvalue weighted by Gasteiger charge is -1.97. The van der Waals surface area contributed by atoms with Gasteiger partial charge in [-0.05, 0) is 29.4 Å². The number of nitrogens with zero attached hydrogens (tertiary/aromatic N) is 3. The zero-order chi connectivity index (χ0) is 12.4. The van der Waals surface area contributed by atoms with Crippen LogP contribution in [-0.4, -0.2) is 21.3 Å². The molecule has 0 bridgehead atoms. The summed E-state index contributed by atoms with van der Waals surface area (Å²) in [6.07, 6.45) is 1.62. The molecule has 3 aromatic rings. The average Bonchev–Trinajstić information content (AvgIpc) is 2.84. The number of carbonyl (C=O) groups is 1. The molecule has 0 saturated heterocycles. The number of carbonyl (C=O) groups excluding carboxylic acids is 1. The van der Waals surface area contributed by atoms with Crippen LogP contribution in [0.4, 0.5) is 10.6 Å². The molecule has 0 radical (unpaired) electrons. The second-order valence-electron chi connectivity index (χ2n) is 3.68. The second kappa shape index (κ2) is 4.25. The Kier molecular flexibility index (Phi) is 2.45. The fourth-order valence-electron chi connectivity index (χ4n) is 1.66. The predicted molar refractivity (Wildman–Crippen MR) is 64.9 cm³/mol. The zero-order valence-corrected chi connectivity index (χ0v) is 9.37. The summed E-state index contributed by atoms with van der Waals surface area (Å²) in [4.78, 5) is 16.1.